The molecule has 0 amide bonds. The van der Waals surface area contributed by atoms with Gasteiger partial charge in [0.1, 0.15) is 0 Å². The normalized spacial score (nSPS) is 11.1. The highest BCUT2D eigenvalue weighted by atomic mass is 14.3. The Morgan fingerprint density at radius 1 is 0.438 bits per heavy atom. The molecule has 0 aliphatic heterocycles. The van der Waals surface area contributed by atoms with Crippen molar-refractivity contribution in [1.82, 2.24) is 0 Å². The molecule has 0 heterocycles. The molecule has 0 atom stereocenters. The van der Waals surface area contributed by atoms with Crippen LogP contribution in [-0.2, 0) is 0 Å². The minimum Gasteiger partial charge on any atom is -0.192 e. The van der Waals surface area contributed by atoms with Crippen LogP contribution < -0.4 is 0 Å². The van der Waals surface area contributed by atoms with E-state index in [9.17, 15) is 10.5 Å². The lowest BCUT2D eigenvalue weighted by Crippen LogP contribution is -1.89. The van der Waals surface area contributed by atoms with Gasteiger partial charge in [-0.25, -0.2) is 0 Å². The van der Waals surface area contributed by atoms with E-state index in [0.29, 0.717) is 11.1 Å². The SMILES string of the molecule is N#Cc1ccc(-c2cc3c(cc2-c2ccc(C#N)cc2)-c2cccc4cccc-3c24)cc1. The zero-order chi connectivity index (χ0) is 21.7. The fourth-order valence-corrected chi connectivity index (χ4v) is 4.76. The molecular formula is C30H16N2. The van der Waals surface area contributed by atoms with Crippen LogP contribution in [0.2, 0.25) is 0 Å². The van der Waals surface area contributed by atoms with E-state index in [4.69, 9.17) is 0 Å². The van der Waals surface area contributed by atoms with E-state index in [0.717, 1.165) is 22.3 Å². The predicted molar refractivity (Wildman–Crippen MR) is 129 cm³/mol. The lowest BCUT2D eigenvalue weighted by molar-refractivity contribution is 1.48. The number of hydrogen-bond donors (Lipinski definition) is 0. The first kappa shape index (κ1) is 18.1. The molecule has 32 heavy (non-hydrogen) atoms. The van der Waals surface area contributed by atoms with Crippen molar-refractivity contribution in [2.75, 3.05) is 0 Å². The van der Waals surface area contributed by atoms with Gasteiger partial charge in [0.05, 0.1) is 23.3 Å². The number of nitrogens with zero attached hydrogens (tertiary/aromatic N) is 2. The first-order valence-electron chi connectivity index (χ1n) is 10.5. The van der Waals surface area contributed by atoms with Crippen LogP contribution in [0.1, 0.15) is 11.1 Å². The Hall–Kier alpha value is -4.66. The third kappa shape index (κ3) is 2.64. The summed E-state index contributed by atoms with van der Waals surface area (Å²) in [5.74, 6) is 0. The number of nitriles is 2. The van der Waals surface area contributed by atoms with Crippen molar-refractivity contribution < 1.29 is 0 Å². The Morgan fingerprint density at radius 3 is 1.28 bits per heavy atom. The zero-order valence-corrected chi connectivity index (χ0v) is 17.1. The molecule has 146 valence electrons. The Morgan fingerprint density at radius 2 is 0.875 bits per heavy atom. The molecule has 2 heteroatoms. The molecule has 0 fully saturated rings. The second kappa shape index (κ2) is 6.95. The maximum atomic E-state index is 9.22. The molecular weight excluding hydrogens is 388 g/mol. The smallest absolute Gasteiger partial charge is 0.0991 e. The minimum atomic E-state index is 0.645. The van der Waals surface area contributed by atoms with Gasteiger partial charge in [-0.1, -0.05) is 60.7 Å². The predicted octanol–water partition coefficient (Wildman–Crippen LogP) is 7.56. The third-order valence-electron chi connectivity index (χ3n) is 6.29. The third-order valence-corrected chi connectivity index (χ3v) is 6.29. The van der Waals surface area contributed by atoms with Crippen molar-refractivity contribution in [2.24, 2.45) is 0 Å². The fourth-order valence-electron chi connectivity index (χ4n) is 4.76. The summed E-state index contributed by atoms with van der Waals surface area (Å²) in [5, 5.41) is 21.0. The molecule has 1 aliphatic rings. The van der Waals surface area contributed by atoms with E-state index in [1.54, 1.807) is 0 Å². The summed E-state index contributed by atoms with van der Waals surface area (Å²) in [6.07, 6.45) is 0. The molecule has 0 N–H and O–H groups in total. The topological polar surface area (TPSA) is 47.6 Å². The summed E-state index contributed by atoms with van der Waals surface area (Å²) < 4.78 is 0. The van der Waals surface area contributed by atoms with E-state index >= 15 is 0 Å². The quantitative estimate of drug-likeness (QED) is 0.299. The van der Waals surface area contributed by atoms with Gasteiger partial charge in [-0.2, -0.15) is 10.5 Å². The van der Waals surface area contributed by atoms with E-state index in [2.05, 4.69) is 60.7 Å². The van der Waals surface area contributed by atoms with Crippen molar-refractivity contribution in [1.29, 1.82) is 10.5 Å². The Balaban J connectivity index is 1.66. The Bertz CT molecular complexity index is 1490. The van der Waals surface area contributed by atoms with Gasteiger partial charge in [0, 0.05) is 0 Å². The average molecular weight is 404 g/mol. The molecule has 0 saturated carbocycles. The van der Waals surface area contributed by atoms with Gasteiger partial charge >= 0.3 is 0 Å². The molecule has 0 saturated heterocycles. The Kier molecular flexibility index (Phi) is 3.94. The summed E-state index contributed by atoms with van der Waals surface area (Å²) in [6.45, 7) is 0. The summed E-state index contributed by atoms with van der Waals surface area (Å²) in [7, 11) is 0. The number of hydrogen-bond acceptors (Lipinski definition) is 2. The van der Waals surface area contributed by atoms with Crippen molar-refractivity contribution in [3.05, 3.63) is 108 Å². The van der Waals surface area contributed by atoms with Gasteiger partial charge in [0.2, 0.25) is 0 Å². The fraction of sp³-hybridized carbons (Fsp3) is 0. The van der Waals surface area contributed by atoms with Gasteiger partial charge in [0.15, 0.2) is 0 Å². The lowest BCUT2D eigenvalue weighted by atomic mass is 9.89. The van der Waals surface area contributed by atoms with Crippen LogP contribution in [0.4, 0.5) is 0 Å². The number of rotatable bonds is 2. The molecule has 0 unspecified atom stereocenters. The maximum Gasteiger partial charge on any atom is 0.0991 e. The summed E-state index contributed by atoms with van der Waals surface area (Å²) in [4.78, 5) is 0. The number of benzene rings is 5. The van der Waals surface area contributed by atoms with E-state index in [-0.39, 0.29) is 0 Å². The zero-order valence-electron chi connectivity index (χ0n) is 17.1. The van der Waals surface area contributed by atoms with Gasteiger partial charge < -0.3 is 0 Å². The van der Waals surface area contributed by atoms with Gasteiger partial charge in [-0.05, 0) is 91.7 Å². The van der Waals surface area contributed by atoms with Crippen molar-refractivity contribution in [3.63, 3.8) is 0 Å². The molecule has 0 spiro atoms. The first-order chi connectivity index (χ1) is 15.8. The average Bonchev–Trinajstić information content (AvgIpc) is 3.18. The summed E-state index contributed by atoms with van der Waals surface area (Å²) in [5.41, 5.74) is 10.6. The molecule has 1 aliphatic carbocycles. The summed E-state index contributed by atoms with van der Waals surface area (Å²) >= 11 is 0. The van der Waals surface area contributed by atoms with E-state index < -0.39 is 0 Å². The first-order valence-corrected chi connectivity index (χ1v) is 10.5. The van der Waals surface area contributed by atoms with Crippen LogP contribution in [0, 0.1) is 22.7 Å². The van der Waals surface area contributed by atoms with Crippen LogP contribution in [0.3, 0.4) is 0 Å². The van der Waals surface area contributed by atoms with Crippen LogP contribution in [0.25, 0.3) is 55.3 Å². The molecule has 6 rings (SSSR count). The largest absolute Gasteiger partial charge is 0.192 e. The highest BCUT2D eigenvalue weighted by Gasteiger charge is 2.23. The second-order valence-corrected chi connectivity index (χ2v) is 8.03. The number of fused-ring (bicyclic) bond motifs is 3. The van der Waals surface area contributed by atoms with Crippen molar-refractivity contribution in [2.45, 2.75) is 0 Å². The van der Waals surface area contributed by atoms with Gasteiger partial charge in [-0.3, -0.25) is 0 Å². The highest BCUT2D eigenvalue weighted by molar-refractivity contribution is 6.16. The minimum absolute atomic E-state index is 0.645. The van der Waals surface area contributed by atoms with Gasteiger partial charge in [0.25, 0.3) is 0 Å². The lowest BCUT2D eigenvalue weighted by Gasteiger charge is -2.15. The molecule has 5 aromatic rings. The van der Waals surface area contributed by atoms with Crippen LogP contribution in [0.15, 0.2) is 97.1 Å². The maximum absolute atomic E-state index is 9.22. The molecule has 5 aromatic carbocycles. The molecule has 2 nitrogen and oxygen atoms in total. The van der Waals surface area contributed by atoms with Crippen LogP contribution in [-0.4, -0.2) is 0 Å². The van der Waals surface area contributed by atoms with E-state index in [1.807, 2.05) is 48.5 Å². The standard InChI is InChI=1S/C30H16N2/c31-17-19-7-11-21(12-8-19)26-15-28-24-5-1-3-23-4-2-6-25(30(23)24)29(28)16-27(26)22-13-9-20(18-32)10-14-22/h1-16H. The molecule has 0 aromatic heterocycles. The molecule has 0 radical (unpaired) electrons. The second-order valence-electron chi connectivity index (χ2n) is 8.03. The summed E-state index contributed by atoms with van der Waals surface area (Å²) in [6, 6.07) is 37.4. The van der Waals surface area contributed by atoms with Crippen molar-refractivity contribution in [3.8, 4) is 56.6 Å². The Labute approximate surface area is 186 Å². The highest BCUT2D eigenvalue weighted by Crippen LogP contribution is 2.50. The van der Waals surface area contributed by atoms with Gasteiger partial charge in [-0.15, -0.1) is 0 Å². The van der Waals surface area contributed by atoms with E-state index in [1.165, 1.54) is 33.0 Å². The monoisotopic (exact) mass is 404 g/mol. The van der Waals surface area contributed by atoms with Crippen molar-refractivity contribution >= 4 is 10.8 Å². The van der Waals surface area contributed by atoms with Crippen LogP contribution >= 0.6 is 0 Å². The molecule has 0 bridgehead atoms. The van der Waals surface area contributed by atoms with Crippen LogP contribution in [0.5, 0.6) is 0 Å².